The fourth-order valence-corrected chi connectivity index (χ4v) is 3.44. The van der Waals surface area contributed by atoms with Crippen LogP contribution < -0.4 is 10.2 Å². The highest BCUT2D eigenvalue weighted by atomic mass is 16.4. The van der Waals surface area contributed by atoms with Crippen LogP contribution in [0.15, 0.2) is 59.0 Å². The number of aromatic nitrogens is 2. The number of nitrogens with one attached hydrogen (secondary N) is 1. The molecule has 1 aromatic heterocycles. The summed E-state index contributed by atoms with van der Waals surface area (Å²) in [5.41, 5.74) is 3.53. The molecule has 1 N–H and O–H groups in total. The Balaban J connectivity index is 1.30. The van der Waals surface area contributed by atoms with Crippen LogP contribution >= 0.6 is 0 Å². The maximum absolute atomic E-state index is 5.75. The van der Waals surface area contributed by atoms with Gasteiger partial charge in [-0.3, -0.25) is 0 Å². The van der Waals surface area contributed by atoms with Crippen LogP contribution in [0.3, 0.4) is 0 Å². The van der Waals surface area contributed by atoms with Crippen LogP contribution in [0, 0.1) is 5.92 Å². The zero-order valence-corrected chi connectivity index (χ0v) is 15.8. The van der Waals surface area contributed by atoms with Gasteiger partial charge in [0.05, 0.1) is 13.0 Å². The Bertz CT molecular complexity index is 836. The van der Waals surface area contributed by atoms with Crippen molar-refractivity contribution in [1.29, 1.82) is 0 Å². The number of hydrogen-bond acceptors (Lipinski definition) is 5. The summed E-state index contributed by atoms with van der Waals surface area (Å²) in [5.74, 6) is 2.10. The second-order valence-electron chi connectivity index (χ2n) is 7.32. The van der Waals surface area contributed by atoms with Gasteiger partial charge in [-0.2, -0.15) is 0 Å². The van der Waals surface area contributed by atoms with Gasteiger partial charge in [-0.25, -0.2) is 0 Å². The van der Waals surface area contributed by atoms with Gasteiger partial charge in [0, 0.05) is 24.5 Å². The molecule has 140 valence electrons. The average Bonchev–Trinajstić information content (AvgIpc) is 3.16. The first-order valence-corrected chi connectivity index (χ1v) is 9.70. The van der Waals surface area contributed by atoms with E-state index in [0.29, 0.717) is 24.7 Å². The van der Waals surface area contributed by atoms with Gasteiger partial charge in [-0.05, 0) is 48.6 Å². The average molecular weight is 362 g/mol. The molecule has 1 aliphatic heterocycles. The third-order valence-corrected chi connectivity index (χ3v) is 5.17. The molecule has 0 radical (unpaired) electrons. The van der Waals surface area contributed by atoms with E-state index in [1.165, 1.54) is 24.1 Å². The second kappa shape index (κ2) is 8.25. The van der Waals surface area contributed by atoms with E-state index in [2.05, 4.69) is 63.7 Å². The lowest BCUT2D eigenvalue weighted by Crippen LogP contribution is -2.32. The van der Waals surface area contributed by atoms with E-state index < -0.39 is 0 Å². The number of anilines is 2. The SMILES string of the molecule is CC1CCN(c2ccc(NCc3nnc(Cc4ccccc4)o3)cc2)CC1. The Morgan fingerprint density at radius 1 is 0.963 bits per heavy atom. The molecule has 0 unspecified atom stereocenters. The number of nitrogens with zero attached hydrogens (tertiary/aromatic N) is 3. The topological polar surface area (TPSA) is 54.2 Å². The van der Waals surface area contributed by atoms with E-state index in [4.69, 9.17) is 4.42 Å². The maximum atomic E-state index is 5.75. The highest BCUT2D eigenvalue weighted by Gasteiger charge is 2.15. The molecule has 4 rings (SSSR count). The summed E-state index contributed by atoms with van der Waals surface area (Å²) in [6.45, 7) is 5.18. The summed E-state index contributed by atoms with van der Waals surface area (Å²) < 4.78 is 5.75. The first kappa shape index (κ1) is 17.6. The molecule has 1 aliphatic rings. The van der Waals surface area contributed by atoms with E-state index in [-0.39, 0.29) is 0 Å². The van der Waals surface area contributed by atoms with Crippen molar-refractivity contribution in [1.82, 2.24) is 10.2 Å². The summed E-state index contributed by atoms with van der Waals surface area (Å²) in [5, 5.41) is 11.6. The summed E-state index contributed by atoms with van der Waals surface area (Å²) in [4.78, 5) is 2.47. The van der Waals surface area contributed by atoms with Crippen LogP contribution in [0.1, 0.15) is 37.1 Å². The summed E-state index contributed by atoms with van der Waals surface area (Å²) in [6.07, 6.45) is 3.22. The van der Waals surface area contributed by atoms with Crippen molar-refractivity contribution in [3.63, 3.8) is 0 Å². The quantitative estimate of drug-likeness (QED) is 0.699. The largest absolute Gasteiger partial charge is 0.423 e. The Labute approximate surface area is 160 Å². The third-order valence-electron chi connectivity index (χ3n) is 5.17. The van der Waals surface area contributed by atoms with Crippen molar-refractivity contribution in [2.45, 2.75) is 32.7 Å². The van der Waals surface area contributed by atoms with Crippen molar-refractivity contribution in [2.75, 3.05) is 23.3 Å². The lowest BCUT2D eigenvalue weighted by molar-refractivity contribution is 0.438. The molecule has 5 nitrogen and oxygen atoms in total. The van der Waals surface area contributed by atoms with Crippen LogP contribution in [-0.4, -0.2) is 23.3 Å². The molecule has 0 atom stereocenters. The number of rotatable bonds is 6. The van der Waals surface area contributed by atoms with Crippen molar-refractivity contribution >= 4 is 11.4 Å². The zero-order valence-electron chi connectivity index (χ0n) is 15.8. The van der Waals surface area contributed by atoms with Crippen molar-refractivity contribution in [2.24, 2.45) is 5.92 Å². The van der Waals surface area contributed by atoms with Crippen molar-refractivity contribution < 1.29 is 4.42 Å². The first-order chi connectivity index (χ1) is 13.3. The van der Waals surface area contributed by atoms with Crippen molar-refractivity contribution in [3.8, 4) is 0 Å². The second-order valence-corrected chi connectivity index (χ2v) is 7.32. The van der Waals surface area contributed by atoms with E-state index in [1.807, 2.05) is 18.2 Å². The molecule has 0 aliphatic carbocycles. The fraction of sp³-hybridized carbons (Fsp3) is 0.364. The van der Waals surface area contributed by atoms with Crippen LogP contribution in [0.25, 0.3) is 0 Å². The fourth-order valence-electron chi connectivity index (χ4n) is 3.44. The number of piperidine rings is 1. The van der Waals surface area contributed by atoms with Crippen LogP contribution in [0.4, 0.5) is 11.4 Å². The summed E-state index contributed by atoms with van der Waals surface area (Å²) >= 11 is 0. The van der Waals surface area contributed by atoms with E-state index in [9.17, 15) is 0 Å². The molecule has 5 heteroatoms. The minimum Gasteiger partial charge on any atom is -0.423 e. The third kappa shape index (κ3) is 4.67. The molecule has 1 fully saturated rings. The predicted octanol–water partition coefficient (Wildman–Crippen LogP) is 4.51. The molecule has 2 heterocycles. The monoisotopic (exact) mass is 362 g/mol. The van der Waals surface area contributed by atoms with Crippen LogP contribution in [0.5, 0.6) is 0 Å². The molecule has 3 aromatic rings. The Hall–Kier alpha value is -2.82. The van der Waals surface area contributed by atoms with Gasteiger partial charge in [-0.15, -0.1) is 10.2 Å². The van der Waals surface area contributed by atoms with Crippen LogP contribution in [0.2, 0.25) is 0 Å². The molecule has 2 aromatic carbocycles. The summed E-state index contributed by atoms with van der Waals surface area (Å²) in [7, 11) is 0. The number of benzene rings is 2. The summed E-state index contributed by atoms with van der Waals surface area (Å²) in [6, 6.07) is 18.8. The van der Waals surface area contributed by atoms with Gasteiger partial charge >= 0.3 is 0 Å². The van der Waals surface area contributed by atoms with E-state index in [0.717, 1.165) is 24.7 Å². The molecular formula is C22H26N4O. The highest BCUT2D eigenvalue weighted by molar-refractivity contribution is 5.55. The number of hydrogen-bond donors (Lipinski definition) is 1. The van der Waals surface area contributed by atoms with Gasteiger partial charge in [-0.1, -0.05) is 37.3 Å². The smallest absolute Gasteiger partial charge is 0.235 e. The predicted molar refractivity (Wildman–Crippen MR) is 108 cm³/mol. The van der Waals surface area contributed by atoms with Gasteiger partial charge in [0.1, 0.15) is 0 Å². The molecule has 27 heavy (non-hydrogen) atoms. The van der Waals surface area contributed by atoms with Crippen LogP contribution in [-0.2, 0) is 13.0 Å². The minimum absolute atomic E-state index is 0.530. The Morgan fingerprint density at radius 3 is 2.41 bits per heavy atom. The van der Waals surface area contributed by atoms with Gasteiger partial charge in [0.2, 0.25) is 11.8 Å². The van der Waals surface area contributed by atoms with Crippen molar-refractivity contribution in [3.05, 3.63) is 71.9 Å². The molecule has 0 bridgehead atoms. The Morgan fingerprint density at radius 2 is 1.67 bits per heavy atom. The Kier molecular flexibility index (Phi) is 5.37. The lowest BCUT2D eigenvalue weighted by atomic mass is 9.99. The molecule has 1 saturated heterocycles. The molecular weight excluding hydrogens is 336 g/mol. The van der Waals surface area contributed by atoms with Gasteiger partial charge in [0.15, 0.2) is 0 Å². The molecule has 0 saturated carbocycles. The standard InChI is InChI=1S/C22H26N4O/c1-17-11-13-26(14-12-17)20-9-7-19(8-10-20)23-16-22-25-24-21(27-22)15-18-5-3-2-4-6-18/h2-10,17,23H,11-16H2,1H3. The normalized spacial score (nSPS) is 15.1. The van der Waals surface area contributed by atoms with E-state index >= 15 is 0 Å². The van der Waals surface area contributed by atoms with E-state index in [1.54, 1.807) is 0 Å². The molecule has 0 spiro atoms. The highest BCUT2D eigenvalue weighted by Crippen LogP contribution is 2.24. The first-order valence-electron chi connectivity index (χ1n) is 9.70. The minimum atomic E-state index is 0.530. The van der Waals surface area contributed by atoms with Gasteiger partial charge < -0.3 is 14.6 Å². The molecule has 0 amide bonds. The lowest BCUT2D eigenvalue weighted by Gasteiger charge is -2.32. The maximum Gasteiger partial charge on any atom is 0.235 e. The zero-order chi connectivity index (χ0) is 18.5. The van der Waals surface area contributed by atoms with Gasteiger partial charge in [0.25, 0.3) is 0 Å².